The van der Waals surface area contributed by atoms with Crippen molar-refractivity contribution in [1.82, 2.24) is 9.80 Å². The standard InChI is InChI=1S/C26H32N2O4/c1-6-27(7-2)14-15-28-23(19-10-8-17(3)9-11-19)22(25(30)26(28)31)24(29)21-13-12-20(32-5)16-18(21)4/h8-13,16,23,29H,6-7,14-15H2,1-5H3/b24-22+/t23-/m1/s1. The molecule has 1 aliphatic heterocycles. The first-order chi connectivity index (χ1) is 15.3. The van der Waals surface area contributed by atoms with Gasteiger partial charge in [0.1, 0.15) is 11.5 Å². The predicted octanol–water partition coefficient (Wildman–Crippen LogP) is 4.08. The van der Waals surface area contributed by atoms with E-state index in [0.29, 0.717) is 24.4 Å². The molecule has 1 N–H and O–H groups in total. The quantitative estimate of drug-likeness (QED) is 0.384. The summed E-state index contributed by atoms with van der Waals surface area (Å²) < 4.78 is 5.26. The summed E-state index contributed by atoms with van der Waals surface area (Å²) in [5.41, 5.74) is 3.30. The van der Waals surface area contributed by atoms with Crippen molar-refractivity contribution in [3.8, 4) is 5.75 Å². The molecule has 1 fully saturated rings. The number of nitrogens with zero attached hydrogens (tertiary/aromatic N) is 2. The van der Waals surface area contributed by atoms with E-state index in [1.165, 1.54) is 0 Å². The van der Waals surface area contributed by atoms with Crippen LogP contribution in [0.3, 0.4) is 0 Å². The molecule has 0 unspecified atom stereocenters. The van der Waals surface area contributed by atoms with Crippen molar-refractivity contribution < 1.29 is 19.4 Å². The fourth-order valence-electron chi connectivity index (χ4n) is 4.17. The summed E-state index contributed by atoms with van der Waals surface area (Å²) in [5, 5.41) is 11.3. The van der Waals surface area contributed by atoms with Gasteiger partial charge in [-0.1, -0.05) is 43.7 Å². The van der Waals surface area contributed by atoms with E-state index in [9.17, 15) is 14.7 Å². The number of rotatable bonds is 8. The zero-order valence-corrected chi connectivity index (χ0v) is 19.5. The highest BCUT2D eigenvalue weighted by molar-refractivity contribution is 6.46. The molecule has 170 valence electrons. The van der Waals surface area contributed by atoms with Gasteiger partial charge < -0.3 is 19.6 Å². The number of aryl methyl sites for hydroxylation is 2. The second-order valence-corrected chi connectivity index (χ2v) is 8.11. The highest BCUT2D eigenvalue weighted by Gasteiger charge is 2.46. The summed E-state index contributed by atoms with van der Waals surface area (Å²) in [6.45, 7) is 10.8. The number of hydrogen-bond donors (Lipinski definition) is 1. The topological polar surface area (TPSA) is 70.1 Å². The van der Waals surface area contributed by atoms with Crippen LogP contribution in [0.1, 0.15) is 42.1 Å². The van der Waals surface area contributed by atoms with Crippen LogP contribution >= 0.6 is 0 Å². The number of aliphatic hydroxyl groups is 1. The highest BCUT2D eigenvalue weighted by Crippen LogP contribution is 2.40. The average Bonchev–Trinajstić information content (AvgIpc) is 3.04. The molecule has 1 heterocycles. The van der Waals surface area contributed by atoms with Gasteiger partial charge in [0.05, 0.1) is 18.7 Å². The lowest BCUT2D eigenvalue weighted by molar-refractivity contribution is -0.140. The number of carbonyl (C=O) groups excluding carboxylic acids is 2. The van der Waals surface area contributed by atoms with Crippen LogP contribution in [0.15, 0.2) is 48.0 Å². The number of aliphatic hydroxyl groups excluding tert-OH is 1. The van der Waals surface area contributed by atoms with Gasteiger partial charge in [0.2, 0.25) is 0 Å². The van der Waals surface area contributed by atoms with Gasteiger partial charge in [0, 0.05) is 18.7 Å². The number of ketones is 1. The molecule has 1 amide bonds. The zero-order chi connectivity index (χ0) is 23.4. The number of likely N-dealkylation sites (N-methyl/N-ethyl adjacent to an activating group) is 1. The molecule has 6 nitrogen and oxygen atoms in total. The number of carbonyl (C=O) groups is 2. The van der Waals surface area contributed by atoms with E-state index < -0.39 is 17.7 Å². The van der Waals surface area contributed by atoms with E-state index >= 15 is 0 Å². The molecule has 0 spiro atoms. The van der Waals surface area contributed by atoms with Crippen LogP contribution in [-0.2, 0) is 9.59 Å². The van der Waals surface area contributed by atoms with Crippen LogP contribution in [0, 0.1) is 13.8 Å². The number of hydrogen-bond acceptors (Lipinski definition) is 5. The molecule has 0 bridgehead atoms. The van der Waals surface area contributed by atoms with Gasteiger partial charge in [-0.05, 0) is 56.3 Å². The Kier molecular flexibility index (Phi) is 7.36. The summed E-state index contributed by atoms with van der Waals surface area (Å²) in [6, 6.07) is 12.4. The summed E-state index contributed by atoms with van der Waals surface area (Å²) in [5.74, 6) is -0.716. The average molecular weight is 437 g/mol. The molecule has 2 aromatic carbocycles. The molecule has 0 aliphatic carbocycles. The maximum absolute atomic E-state index is 13.2. The number of benzene rings is 2. The summed E-state index contributed by atoms with van der Waals surface area (Å²) >= 11 is 0. The molecular weight excluding hydrogens is 404 g/mol. The predicted molar refractivity (Wildman–Crippen MR) is 126 cm³/mol. The van der Waals surface area contributed by atoms with Gasteiger partial charge in [-0.25, -0.2) is 0 Å². The zero-order valence-electron chi connectivity index (χ0n) is 19.5. The minimum atomic E-state index is -0.650. The highest BCUT2D eigenvalue weighted by atomic mass is 16.5. The van der Waals surface area contributed by atoms with Crippen LogP contribution in [0.4, 0.5) is 0 Å². The van der Waals surface area contributed by atoms with E-state index in [2.05, 4.69) is 18.7 Å². The lowest BCUT2D eigenvalue weighted by atomic mass is 9.93. The first kappa shape index (κ1) is 23.5. The number of methoxy groups -OCH3 is 1. The smallest absolute Gasteiger partial charge is 0.295 e. The Labute approximate surface area is 190 Å². The third kappa shape index (κ3) is 4.55. The molecule has 0 aromatic heterocycles. The first-order valence-corrected chi connectivity index (χ1v) is 11.0. The third-order valence-corrected chi connectivity index (χ3v) is 6.17. The molecule has 32 heavy (non-hydrogen) atoms. The molecule has 2 aromatic rings. The van der Waals surface area contributed by atoms with E-state index in [1.54, 1.807) is 30.2 Å². The molecular formula is C26H32N2O4. The van der Waals surface area contributed by atoms with Gasteiger partial charge in [0.25, 0.3) is 11.7 Å². The Bertz CT molecular complexity index is 1020. The van der Waals surface area contributed by atoms with Gasteiger partial charge in [-0.2, -0.15) is 0 Å². The number of Topliss-reactive ketones (excluding diaryl/α,β-unsaturated/α-hetero) is 1. The Hall–Kier alpha value is -3.12. The van der Waals surface area contributed by atoms with Crippen LogP contribution in [-0.4, -0.2) is 59.9 Å². The fourth-order valence-corrected chi connectivity index (χ4v) is 4.17. The van der Waals surface area contributed by atoms with Crippen LogP contribution in [0.2, 0.25) is 0 Å². The van der Waals surface area contributed by atoms with Crippen LogP contribution in [0.25, 0.3) is 5.76 Å². The van der Waals surface area contributed by atoms with E-state index in [4.69, 9.17) is 4.74 Å². The van der Waals surface area contributed by atoms with Crippen LogP contribution in [0.5, 0.6) is 5.75 Å². The lowest BCUT2D eigenvalue weighted by Crippen LogP contribution is -2.38. The minimum absolute atomic E-state index is 0.131. The number of ether oxygens (including phenoxy) is 1. The van der Waals surface area contributed by atoms with Crippen molar-refractivity contribution in [2.75, 3.05) is 33.3 Å². The Balaban J connectivity index is 2.12. The maximum Gasteiger partial charge on any atom is 0.295 e. The second kappa shape index (κ2) is 10.0. The molecule has 1 saturated heterocycles. The normalized spacial score (nSPS) is 17.9. The van der Waals surface area contributed by atoms with Crippen molar-refractivity contribution in [3.63, 3.8) is 0 Å². The Morgan fingerprint density at radius 3 is 2.28 bits per heavy atom. The molecule has 6 heteroatoms. The molecule has 1 aliphatic rings. The van der Waals surface area contributed by atoms with E-state index in [1.807, 2.05) is 38.1 Å². The monoisotopic (exact) mass is 436 g/mol. The Morgan fingerprint density at radius 2 is 1.72 bits per heavy atom. The van der Waals surface area contributed by atoms with Gasteiger partial charge in [-0.15, -0.1) is 0 Å². The number of likely N-dealkylation sites (tertiary alicyclic amines) is 1. The first-order valence-electron chi connectivity index (χ1n) is 11.0. The van der Waals surface area contributed by atoms with E-state index in [0.717, 1.165) is 29.8 Å². The van der Waals surface area contributed by atoms with E-state index in [-0.39, 0.29) is 11.3 Å². The summed E-state index contributed by atoms with van der Waals surface area (Å²) in [4.78, 5) is 30.0. The Morgan fingerprint density at radius 1 is 1.06 bits per heavy atom. The van der Waals surface area contributed by atoms with Gasteiger partial charge in [-0.3, -0.25) is 9.59 Å². The third-order valence-electron chi connectivity index (χ3n) is 6.17. The van der Waals surface area contributed by atoms with Gasteiger partial charge >= 0.3 is 0 Å². The van der Waals surface area contributed by atoms with Crippen molar-refractivity contribution in [2.45, 2.75) is 33.7 Å². The maximum atomic E-state index is 13.2. The van der Waals surface area contributed by atoms with Crippen molar-refractivity contribution >= 4 is 17.4 Å². The molecule has 3 rings (SSSR count). The number of amides is 1. The largest absolute Gasteiger partial charge is 0.507 e. The SMILES string of the molecule is CCN(CC)CCN1C(=O)C(=O)/C(=C(/O)c2ccc(OC)cc2C)[C@H]1c1ccc(C)cc1. The van der Waals surface area contributed by atoms with Crippen molar-refractivity contribution in [3.05, 3.63) is 70.3 Å². The van der Waals surface area contributed by atoms with Crippen molar-refractivity contribution in [1.29, 1.82) is 0 Å². The fraction of sp³-hybridized carbons (Fsp3) is 0.385. The van der Waals surface area contributed by atoms with Gasteiger partial charge in [0.15, 0.2) is 0 Å². The second-order valence-electron chi connectivity index (χ2n) is 8.11. The van der Waals surface area contributed by atoms with Crippen LogP contribution < -0.4 is 4.74 Å². The summed E-state index contributed by atoms with van der Waals surface area (Å²) in [6.07, 6.45) is 0. The lowest BCUT2D eigenvalue weighted by Gasteiger charge is -2.28. The van der Waals surface area contributed by atoms with Crippen molar-refractivity contribution in [2.24, 2.45) is 0 Å². The minimum Gasteiger partial charge on any atom is -0.507 e. The molecule has 1 atom stereocenters. The molecule has 0 radical (unpaired) electrons. The summed E-state index contributed by atoms with van der Waals surface area (Å²) in [7, 11) is 1.58. The molecule has 0 saturated carbocycles.